The topological polar surface area (TPSA) is 62.1 Å². The van der Waals surface area contributed by atoms with E-state index in [1.807, 2.05) is 16.7 Å². The lowest BCUT2D eigenvalue weighted by molar-refractivity contribution is -0.127. The minimum atomic E-state index is -4.34. The second-order valence-corrected chi connectivity index (χ2v) is 11.2. The standard InChI is InChI=1S/C29H31F4N5O2/c1-18-11-22(30)23(34-27(39)37-6-3-19(15-37)14-29(31,32)33)13-21(18)20-12-24(36-7-9-40-10-8-36)26-35-25(17-38(26)16-20)28(2)4-5-28/h3,11-13,16-17H,4-10,14-15H2,1-2H3,(H,34,39). The number of carbonyl (C=O) groups is 1. The van der Waals surface area contributed by atoms with Gasteiger partial charge in [-0.05, 0) is 54.7 Å². The van der Waals surface area contributed by atoms with E-state index in [-0.39, 0.29) is 29.8 Å². The summed E-state index contributed by atoms with van der Waals surface area (Å²) >= 11 is 0. The minimum Gasteiger partial charge on any atom is -0.378 e. The predicted molar refractivity (Wildman–Crippen MR) is 144 cm³/mol. The van der Waals surface area contributed by atoms with Gasteiger partial charge in [-0.3, -0.25) is 0 Å². The minimum absolute atomic E-state index is 0.0281. The van der Waals surface area contributed by atoms with E-state index in [2.05, 4.69) is 23.3 Å². The first kappa shape index (κ1) is 26.6. The molecule has 2 fully saturated rings. The quantitative estimate of drug-likeness (QED) is 0.306. The SMILES string of the molecule is Cc1cc(F)c(NC(=O)N2CC=C(CC(F)(F)F)C2)cc1-c1cc(N2CCOCC2)c2nc(C3(C)CC3)cn2c1. The summed E-state index contributed by atoms with van der Waals surface area (Å²) in [5.74, 6) is -0.613. The van der Waals surface area contributed by atoms with E-state index in [1.165, 1.54) is 17.0 Å². The van der Waals surface area contributed by atoms with Crippen molar-refractivity contribution in [3.05, 3.63) is 59.3 Å². The average Bonchev–Trinajstić information content (AvgIpc) is 3.28. The van der Waals surface area contributed by atoms with Crippen LogP contribution in [0.4, 0.5) is 33.7 Å². The Morgan fingerprint density at radius 2 is 1.90 bits per heavy atom. The summed E-state index contributed by atoms with van der Waals surface area (Å²) in [5, 5.41) is 2.57. The number of carbonyl (C=O) groups excluding carboxylic acids is 1. The summed E-state index contributed by atoms with van der Waals surface area (Å²) in [6.45, 7) is 6.59. The molecule has 40 heavy (non-hydrogen) atoms. The third kappa shape index (κ3) is 5.26. The van der Waals surface area contributed by atoms with Gasteiger partial charge in [0.1, 0.15) is 5.82 Å². The summed E-state index contributed by atoms with van der Waals surface area (Å²) < 4.78 is 60.9. The number of hydrogen-bond acceptors (Lipinski definition) is 4. The zero-order chi connectivity index (χ0) is 28.2. The van der Waals surface area contributed by atoms with Gasteiger partial charge >= 0.3 is 12.2 Å². The van der Waals surface area contributed by atoms with Gasteiger partial charge < -0.3 is 24.3 Å². The van der Waals surface area contributed by atoms with E-state index in [9.17, 15) is 18.0 Å². The lowest BCUT2D eigenvalue weighted by Crippen LogP contribution is -2.36. The Morgan fingerprint density at radius 3 is 2.60 bits per heavy atom. The van der Waals surface area contributed by atoms with Gasteiger partial charge in [0.15, 0.2) is 5.65 Å². The van der Waals surface area contributed by atoms with Gasteiger partial charge in [-0.2, -0.15) is 13.2 Å². The van der Waals surface area contributed by atoms with Crippen LogP contribution in [0.15, 0.2) is 42.2 Å². The normalized spacial score (nSPS) is 18.8. The van der Waals surface area contributed by atoms with Gasteiger partial charge in [0.25, 0.3) is 0 Å². The molecule has 212 valence electrons. The Morgan fingerprint density at radius 1 is 1.15 bits per heavy atom. The number of morpholine rings is 1. The Balaban J connectivity index is 1.32. The van der Waals surface area contributed by atoms with E-state index in [0.717, 1.165) is 54.1 Å². The molecule has 6 rings (SSSR count). The van der Waals surface area contributed by atoms with Crippen LogP contribution < -0.4 is 10.2 Å². The third-order valence-corrected chi connectivity index (χ3v) is 8.08. The molecule has 1 N–H and O–H groups in total. The molecule has 1 saturated carbocycles. The Kier molecular flexibility index (Phi) is 6.52. The molecular formula is C29H31F4N5O2. The van der Waals surface area contributed by atoms with Gasteiger partial charge in [-0.25, -0.2) is 14.2 Å². The largest absolute Gasteiger partial charge is 0.392 e. The molecule has 7 nitrogen and oxygen atoms in total. The number of aromatic nitrogens is 2. The smallest absolute Gasteiger partial charge is 0.378 e. The number of ether oxygens (including phenoxy) is 1. The first-order valence-electron chi connectivity index (χ1n) is 13.5. The molecule has 0 bridgehead atoms. The van der Waals surface area contributed by atoms with E-state index in [4.69, 9.17) is 9.72 Å². The van der Waals surface area contributed by atoms with Gasteiger partial charge in [0, 0.05) is 49.6 Å². The molecule has 2 amide bonds. The fraction of sp³-hybridized carbons (Fsp3) is 0.448. The van der Waals surface area contributed by atoms with Crippen LogP contribution in [0.5, 0.6) is 0 Å². The van der Waals surface area contributed by atoms with Crippen molar-refractivity contribution in [3.63, 3.8) is 0 Å². The van der Waals surface area contributed by atoms with Gasteiger partial charge in [-0.15, -0.1) is 0 Å². The van der Waals surface area contributed by atoms with Crippen molar-refractivity contribution < 1.29 is 27.1 Å². The second-order valence-electron chi connectivity index (χ2n) is 11.2. The number of benzene rings is 1. The van der Waals surface area contributed by atoms with Crippen LogP contribution in [-0.2, 0) is 10.2 Å². The van der Waals surface area contributed by atoms with Crippen LogP contribution in [0, 0.1) is 12.7 Å². The molecular weight excluding hydrogens is 526 g/mol. The maximum Gasteiger partial charge on any atom is 0.392 e. The Labute approximate surface area is 229 Å². The number of aryl methyl sites for hydroxylation is 1. The molecule has 0 radical (unpaired) electrons. The van der Waals surface area contributed by atoms with Crippen LogP contribution in [0.1, 0.15) is 37.4 Å². The number of urea groups is 1. The monoisotopic (exact) mass is 557 g/mol. The molecule has 11 heteroatoms. The molecule has 2 aliphatic heterocycles. The predicted octanol–water partition coefficient (Wildman–Crippen LogP) is 6.06. The van der Waals surface area contributed by atoms with Crippen LogP contribution in [-0.4, -0.2) is 65.9 Å². The van der Waals surface area contributed by atoms with E-state index in [0.29, 0.717) is 18.8 Å². The van der Waals surface area contributed by atoms with Crippen molar-refractivity contribution in [1.82, 2.24) is 14.3 Å². The number of fused-ring (bicyclic) bond motifs is 1. The number of amides is 2. The number of nitrogens with zero attached hydrogens (tertiary/aromatic N) is 4. The molecule has 1 aromatic carbocycles. The molecule has 3 aliphatic rings. The van der Waals surface area contributed by atoms with Gasteiger partial charge in [-0.1, -0.05) is 13.0 Å². The number of hydrogen-bond donors (Lipinski definition) is 1. The molecule has 2 aromatic heterocycles. The molecule has 1 aliphatic carbocycles. The number of anilines is 2. The fourth-order valence-electron chi connectivity index (χ4n) is 5.43. The maximum atomic E-state index is 15.0. The van der Waals surface area contributed by atoms with Crippen molar-refractivity contribution in [2.75, 3.05) is 49.6 Å². The van der Waals surface area contributed by atoms with Crippen LogP contribution in [0.3, 0.4) is 0 Å². The Bertz CT molecular complexity index is 1500. The molecule has 0 spiro atoms. The fourth-order valence-corrected chi connectivity index (χ4v) is 5.43. The number of halogens is 4. The average molecular weight is 558 g/mol. The lowest BCUT2D eigenvalue weighted by atomic mass is 10.00. The second kappa shape index (κ2) is 9.79. The number of rotatable bonds is 5. The number of imidazole rings is 1. The highest BCUT2D eigenvalue weighted by atomic mass is 19.4. The van der Waals surface area contributed by atoms with Crippen LogP contribution in [0.25, 0.3) is 16.8 Å². The number of alkyl halides is 3. The van der Waals surface area contributed by atoms with Crippen molar-refractivity contribution in [1.29, 1.82) is 0 Å². The zero-order valence-corrected chi connectivity index (χ0v) is 22.4. The first-order chi connectivity index (χ1) is 19.0. The molecule has 0 unspecified atom stereocenters. The zero-order valence-electron chi connectivity index (χ0n) is 22.4. The van der Waals surface area contributed by atoms with E-state index in [1.54, 1.807) is 13.0 Å². The van der Waals surface area contributed by atoms with Gasteiger partial charge in [0.05, 0.1) is 36.7 Å². The number of nitrogens with one attached hydrogen (secondary N) is 1. The lowest BCUT2D eigenvalue weighted by Gasteiger charge is -2.29. The highest BCUT2D eigenvalue weighted by molar-refractivity contribution is 5.91. The van der Waals surface area contributed by atoms with Crippen molar-refractivity contribution in [2.24, 2.45) is 0 Å². The van der Waals surface area contributed by atoms with Crippen molar-refractivity contribution >= 4 is 23.1 Å². The first-order valence-corrected chi connectivity index (χ1v) is 13.5. The summed E-state index contributed by atoms with van der Waals surface area (Å²) in [5.41, 5.74) is 5.31. The summed E-state index contributed by atoms with van der Waals surface area (Å²) in [6, 6.07) is 4.36. The highest BCUT2D eigenvalue weighted by Gasteiger charge is 2.41. The van der Waals surface area contributed by atoms with Crippen molar-refractivity contribution in [2.45, 2.75) is 44.7 Å². The summed E-state index contributed by atoms with van der Waals surface area (Å²) in [4.78, 5) is 21.3. The van der Waals surface area contributed by atoms with Crippen LogP contribution in [0.2, 0.25) is 0 Å². The Hall–Kier alpha value is -3.60. The molecule has 3 aromatic rings. The maximum absolute atomic E-state index is 15.0. The molecule has 1 saturated heterocycles. The molecule has 0 atom stereocenters. The van der Waals surface area contributed by atoms with E-state index < -0.39 is 24.4 Å². The number of pyridine rings is 1. The highest BCUT2D eigenvalue weighted by Crippen LogP contribution is 2.47. The van der Waals surface area contributed by atoms with Crippen LogP contribution >= 0.6 is 0 Å². The van der Waals surface area contributed by atoms with Gasteiger partial charge in [0.2, 0.25) is 0 Å². The third-order valence-electron chi connectivity index (χ3n) is 8.08. The van der Waals surface area contributed by atoms with Crippen molar-refractivity contribution in [3.8, 4) is 11.1 Å². The van der Waals surface area contributed by atoms with E-state index >= 15 is 4.39 Å². The molecule has 4 heterocycles. The summed E-state index contributed by atoms with van der Waals surface area (Å²) in [7, 11) is 0. The summed E-state index contributed by atoms with van der Waals surface area (Å²) in [6.07, 6.45) is 2.22.